The smallest absolute Gasteiger partial charge is 0.410 e. The SMILES string of the molecule is CC(C)(C)NC(=O)N1CCC(N2CCOC2=O)CC1. The van der Waals surface area contributed by atoms with Crippen LogP contribution in [0.2, 0.25) is 0 Å². The molecule has 2 fully saturated rings. The molecule has 108 valence electrons. The number of nitrogens with zero attached hydrogens (tertiary/aromatic N) is 2. The molecule has 0 aliphatic carbocycles. The lowest BCUT2D eigenvalue weighted by Gasteiger charge is -2.36. The summed E-state index contributed by atoms with van der Waals surface area (Å²) in [6.07, 6.45) is 1.44. The lowest BCUT2D eigenvalue weighted by Crippen LogP contribution is -2.53. The third-order valence-electron chi connectivity index (χ3n) is 3.47. The van der Waals surface area contributed by atoms with E-state index in [4.69, 9.17) is 4.74 Å². The van der Waals surface area contributed by atoms with Crippen LogP contribution in [0, 0.1) is 0 Å². The number of carbonyl (C=O) groups excluding carboxylic acids is 2. The molecule has 2 rings (SSSR count). The largest absolute Gasteiger partial charge is 0.448 e. The average molecular weight is 269 g/mol. The fraction of sp³-hybridized carbons (Fsp3) is 0.846. The molecule has 0 spiro atoms. The van der Waals surface area contributed by atoms with E-state index in [-0.39, 0.29) is 23.7 Å². The maximum Gasteiger partial charge on any atom is 0.410 e. The number of piperidine rings is 1. The van der Waals surface area contributed by atoms with E-state index in [9.17, 15) is 9.59 Å². The Morgan fingerprint density at radius 3 is 2.37 bits per heavy atom. The van der Waals surface area contributed by atoms with Crippen LogP contribution in [0.25, 0.3) is 0 Å². The van der Waals surface area contributed by atoms with Crippen molar-refractivity contribution < 1.29 is 14.3 Å². The maximum absolute atomic E-state index is 12.0. The zero-order chi connectivity index (χ0) is 14.0. The van der Waals surface area contributed by atoms with Gasteiger partial charge in [-0.05, 0) is 33.6 Å². The highest BCUT2D eigenvalue weighted by Gasteiger charge is 2.33. The summed E-state index contributed by atoms with van der Waals surface area (Å²) >= 11 is 0. The monoisotopic (exact) mass is 269 g/mol. The first-order chi connectivity index (χ1) is 8.87. The van der Waals surface area contributed by atoms with Gasteiger partial charge in [0.25, 0.3) is 0 Å². The molecular formula is C13H23N3O3. The van der Waals surface area contributed by atoms with Crippen molar-refractivity contribution in [2.45, 2.75) is 45.2 Å². The van der Waals surface area contributed by atoms with Crippen LogP contribution in [-0.2, 0) is 4.74 Å². The van der Waals surface area contributed by atoms with Crippen LogP contribution >= 0.6 is 0 Å². The summed E-state index contributed by atoms with van der Waals surface area (Å²) in [5, 5.41) is 2.96. The molecule has 0 aromatic heterocycles. The molecule has 0 bridgehead atoms. The number of urea groups is 1. The number of likely N-dealkylation sites (tertiary alicyclic amines) is 1. The molecule has 2 heterocycles. The van der Waals surface area contributed by atoms with Crippen molar-refractivity contribution in [2.24, 2.45) is 0 Å². The summed E-state index contributed by atoms with van der Waals surface area (Å²) in [4.78, 5) is 27.1. The Morgan fingerprint density at radius 1 is 1.26 bits per heavy atom. The molecule has 3 amide bonds. The van der Waals surface area contributed by atoms with Crippen molar-refractivity contribution >= 4 is 12.1 Å². The highest BCUT2D eigenvalue weighted by atomic mass is 16.6. The van der Waals surface area contributed by atoms with Crippen LogP contribution in [0.1, 0.15) is 33.6 Å². The van der Waals surface area contributed by atoms with Crippen LogP contribution < -0.4 is 5.32 Å². The molecule has 2 aliphatic heterocycles. The predicted octanol–water partition coefficient (Wildman–Crippen LogP) is 1.41. The molecule has 6 nitrogen and oxygen atoms in total. The van der Waals surface area contributed by atoms with Gasteiger partial charge in [-0.3, -0.25) is 0 Å². The Morgan fingerprint density at radius 2 is 1.89 bits per heavy atom. The first kappa shape index (κ1) is 14.0. The molecule has 0 saturated carbocycles. The lowest BCUT2D eigenvalue weighted by atomic mass is 10.0. The number of hydrogen-bond donors (Lipinski definition) is 1. The molecule has 0 aromatic carbocycles. The minimum Gasteiger partial charge on any atom is -0.448 e. The molecular weight excluding hydrogens is 246 g/mol. The molecule has 2 saturated heterocycles. The van der Waals surface area contributed by atoms with E-state index in [2.05, 4.69) is 5.32 Å². The molecule has 2 aliphatic rings. The summed E-state index contributed by atoms with van der Waals surface area (Å²) in [6, 6.07) is 0.198. The highest BCUT2D eigenvalue weighted by Crippen LogP contribution is 2.20. The van der Waals surface area contributed by atoms with E-state index in [1.54, 1.807) is 4.90 Å². The second kappa shape index (κ2) is 5.27. The second-order valence-electron chi connectivity index (χ2n) is 6.21. The van der Waals surface area contributed by atoms with E-state index in [0.717, 1.165) is 12.8 Å². The van der Waals surface area contributed by atoms with Crippen LogP contribution in [0.4, 0.5) is 9.59 Å². The molecule has 0 atom stereocenters. The standard InChI is InChI=1S/C13H23N3O3/c1-13(2,3)14-11(17)15-6-4-10(5-7-15)16-8-9-19-12(16)18/h10H,4-9H2,1-3H3,(H,14,17). The van der Waals surface area contributed by atoms with Gasteiger partial charge in [0.2, 0.25) is 0 Å². The summed E-state index contributed by atoms with van der Waals surface area (Å²) in [6.45, 7) is 8.46. The van der Waals surface area contributed by atoms with Gasteiger partial charge in [0.1, 0.15) is 6.61 Å². The first-order valence-electron chi connectivity index (χ1n) is 6.87. The summed E-state index contributed by atoms with van der Waals surface area (Å²) < 4.78 is 4.95. The number of amides is 3. The third kappa shape index (κ3) is 3.52. The zero-order valence-electron chi connectivity index (χ0n) is 11.9. The number of nitrogens with one attached hydrogen (secondary N) is 1. The Hall–Kier alpha value is -1.46. The molecule has 0 aromatic rings. The van der Waals surface area contributed by atoms with Gasteiger partial charge in [-0.2, -0.15) is 0 Å². The predicted molar refractivity (Wildman–Crippen MR) is 70.9 cm³/mol. The average Bonchev–Trinajstić information content (AvgIpc) is 2.73. The van der Waals surface area contributed by atoms with Gasteiger partial charge in [0.05, 0.1) is 6.54 Å². The van der Waals surface area contributed by atoms with Gasteiger partial charge < -0.3 is 19.9 Å². The van der Waals surface area contributed by atoms with Crippen molar-refractivity contribution in [3.63, 3.8) is 0 Å². The quantitative estimate of drug-likeness (QED) is 0.783. The highest BCUT2D eigenvalue weighted by molar-refractivity contribution is 5.75. The molecule has 1 N–H and O–H groups in total. The fourth-order valence-corrected chi connectivity index (χ4v) is 2.52. The summed E-state index contributed by atoms with van der Waals surface area (Å²) in [5.74, 6) is 0. The van der Waals surface area contributed by atoms with E-state index in [1.807, 2.05) is 25.7 Å². The number of cyclic esters (lactones) is 1. The Kier molecular flexibility index (Phi) is 3.87. The summed E-state index contributed by atoms with van der Waals surface area (Å²) in [7, 11) is 0. The topological polar surface area (TPSA) is 61.9 Å². The lowest BCUT2D eigenvalue weighted by molar-refractivity contribution is 0.121. The minimum absolute atomic E-state index is 0.0186. The van der Waals surface area contributed by atoms with Crippen LogP contribution in [0.3, 0.4) is 0 Å². The van der Waals surface area contributed by atoms with Crippen molar-refractivity contribution in [3.8, 4) is 0 Å². The van der Waals surface area contributed by atoms with Crippen molar-refractivity contribution in [1.82, 2.24) is 15.1 Å². The number of hydrogen-bond acceptors (Lipinski definition) is 3. The van der Waals surface area contributed by atoms with Gasteiger partial charge in [-0.1, -0.05) is 0 Å². The van der Waals surface area contributed by atoms with Crippen LogP contribution in [0.15, 0.2) is 0 Å². The maximum atomic E-state index is 12.0. The van der Waals surface area contributed by atoms with E-state index < -0.39 is 0 Å². The van der Waals surface area contributed by atoms with Crippen LogP contribution in [-0.4, -0.2) is 59.7 Å². The molecule has 19 heavy (non-hydrogen) atoms. The Labute approximate surface area is 114 Å². The van der Waals surface area contributed by atoms with Crippen molar-refractivity contribution in [3.05, 3.63) is 0 Å². The van der Waals surface area contributed by atoms with Gasteiger partial charge in [0.15, 0.2) is 0 Å². The molecule has 0 unspecified atom stereocenters. The normalized spacial score (nSPS) is 21.5. The molecule has 0 radical (unpaired) electrons. The van der Waals surface area contributed by atoms with Crippen molar-refractivity contribution in [1.29, 1.82) is 0 Å². The third-order valence-corrected chi connectivity index (χ3v) is 3.47. The Balaban J connectivity index is 1.82. The number of carbonyl (C=O) groups is 2. The second-order valence-corrected chi connectivity index (χ2v) is 6.21. The van der Waals surface area contributed by atoms with Gasteiger partial charge in [0, 0.05) is 24.7 Å². The number of rotatable bonds is 1. The van der Waals surface area contributed by atoms with Crippen molar-refractivity contribution in [2.75, 3.05) is 26.2 Å². The van der Waals surface area contributed by atoms with E-state index >= 15 is 0 Å². The van der Waals surface area contributed by atoms with Gasteiger partial charge >= 0.3 is 12.1 Å². The number of ether oxygens (including phenoxy) is 1. The fourth-order valence-electron chi connectivity index (χ4n) is 2.52. The van der Waals surface area contributed by atoms with Gasteiger partial charge in [-0.15, -0.1) is 0 Å². The van der Waals surface area contributed by atoms with E-state index in [1.165, 1.54) is 0 Å². The Bertz CT molecular complexity index is 357. The summed E-state index contributed by atoms with van der Waals surface area (Å²) in [5.41, 5.74) is -0.216. The molecule has 6 heteroatoms. The minimum atomic E-state index is -0.216. The zero-order valence-corrected chi connectivity index (χ0v) is 11.9. The van der Waals surface area contributed by atoms with E-state index in [0.29, 0.717) is 26.2 Å². The first-order valence-corrected chi connectivity index (χ1v) is 6.87. The van der Waals surface area contributed by atoms with Crippen LogP contribution in [0.5, 0.6) is 0 Å². The van der Waals surface area contributed by atoms with Gasteiger partial charge in [-0.25, -0.2) is 9.59 Å².